The number of anilines is 1. The van der Waals surface area contributed by atoms with Crippen molar-refractivity contribution in [2.24, 2.45) is 0 Å². The van der Waals surface area contributed by atoms with Crippen LogP contribution >= 0.6 is 11.8 Å². The third-order valence-electron chi connectivity index (χ3n) is 4.36. The molecule has 1 aliphatic heterocycles. The van der Waals surface area contributed by atoms with Gasteiger partial charge in [0, 0.05) is 22.6 Å². The summed E-state index contributed by atoms with van der Waals surface area (Å²) in [6.07, 6.45) is 0.491. The molecule has 0 unspecified atom stereocenters. The van der Waals surface area contributed by atoms with Crippen LogP contribution in [0.25, 0.3) is 11.3 Å². The molecular weight excluding hydrogens is 388 g/mol. The van der Waals surface area contributed by atoms with Crippen LogP contribution in [0.3, 0.4) is 0 Å². The molecule has 3 aromatic rings. The number of ether oxygens (including phenoxy) is 2. The first-order valence-electron chi connectivity index (χ1n) is 9.55. The molecule has 0 saturated heterocycles. The highest BCUT2D eigenvalue weighted by Gasteiger charge is 2.26. The van der Waals surface area contributed by atoms with E-state index in [-0.39, 0.29) is 5.75 Å². The molecule has 8 heteroatoms. The van der Waals surface area contributed by atoms with Crippen molar-refractivity contribution in [3.05, 3.63) is 48.0 Å². The van der Waals surface area contributed by atoms with Crippen molar-refractivity contribution < 1.29 is 14.6 Å². The number of hydrogen-bond donors (Lipinski definition) is 2. The van der Waals surface area contributed by atoms with Crippen LogP contribution in [0.15, 0.2) is 47.6 Å². The normalized spacial score (nSPS) is 14.8. The molecule has 0 radical (unpaired) electrons. The Balaban J connectivity index is 1.76. The number of nitrogens with zero attached hydrogens (tertiary/aromatic N) is 3. The Bertz CT molecular complexity index is 1010. The largest absolute Gasteiger partial charge is 0.504 e. The summed E-state index contributed by atoms with van der Waals surface area (Å²) in [4.78, 5) is 4.61. The van der Waals surface area contributed by atoms with Crippen molar-refractivity contribution >= 4 is 17.4 Å². The fourth-order valence-corrected chi connectivity index (χ4v) is 3.65. The number of thioether (sulfide) groups is 1. The van der Waals surface area contributed by atoms with Gasteiger partial charge < -0.3 is 19.9 Å². The Morgan fingerprint density at radius 3 is 2.86 bits per heavy atom. The van der Waals surface area contributed by atoms with Crippen molar-refractivity contribution in [2.75, 3.05) is 17.7 Å². The first-order valence-corrected chi connectivity index (χ1v) is 10.5. The molecule has 2 N–H and O–H groups in total. The summed E-state index contributed by atoms with van der Waals surface area (Å²) >= 11 is 1.55. The van der Waals surface area contributed by atoms with Crippen LogP contribution in [-0.2, 0) is 0 Å². The number of aromatic nitrogens is 3. The maximum Gasteiger partial charge on any atom is 0.247 e. The number of hydrogen-bond acceptors (Lipinski definition) is 8. The van der Waals surface area contributed by atoms with Gasteiger partial charge in [0.25, 0.3) is 0 Å². The van der Waals surface area contributed by atoms with Gasteiger partial charge in [-0.05, 0) is 37.6 Å². The number of nitrogens with one attached hydrogen (secondary N) is 1. The van der Waals surface area contributed by atoms with Crippen LogP contribution in [0.1, 0.15) is 32.1 Å². The van der Waals surface area contributed by atoms with E-state index >= 15 is 0 Å². The average Bonchev–Trinajstić information content (AvgIpc) is 2.90. The van der Waals surface area contributed by atoms with Crippen molar-refractivity contribution in [1.29, 1.82) is 0 Å². The van der Waals surface area contributed by atoms with Gasteiger partial charge in [0.1, 0.15) is 0 Å². The SMILES string of the molecule is CCCSc1nnc2c(n1)O[C@H](c1ccc(O)c(OCC)c1)Nc1ccccc1-2. The molecule has 29 heavy (non-hydrogen) atoms. The van der Waals surface area contributed by atoms with Gasteiger partial charge in [-0.2, -0.15) is 4.98 Å². The van der Waals surface area contributed by atoms with Gasteiger partial charge >= 0.3 is 0 Å². The molecule has 2 heterocycles. The Morgan fingerprint density at radius 2 is 2.03 bits per heavy atom. The van der Waals surface area contributed by atoms with Crippen molar-refractivity contribution in [1.82, 2.24) is 15.2 Å². The second-order valence-corrected chi connectivity index (χ2v) is 7.51. The summed E-state index contributed by atoms with van der Waals surface area (Å²) in [6, 6.07) is 13.0. The van der Waals surface area contributed by atoms with Gasteiger partial charge in [0.05, 0.1) is 6.61 Å². The zero-order valence-electron chi connectivity index (χ0n) is 16.3. The minimum Gasteiger partial charge on any atom is -0.504 e. The van der Waals surface area contributed by atoms with Gasteiger partial charge in [-0.1, -0.05) is 36.9 Å². The van der Waals surface area contributed by atoms with Crippen LogP contribution in [-0.4, -0.2) is 32.6 Å². The fourth-order valence-electron chi connectivity index (χ4n) is 3.02. The number of fused-ring (bicyclic) bond motifs is 3. The Morgan fingerprint density at radius 1 is 1.17 bits per heavy atom. The molecule has 0 saturated carbocycles. The number of rotatable bonds is 6. The smallest absolute Gasteiger partial charge is 0.247 e. The molecule has 1 atom stereocenters. The number of aromatic hydroxyl groups is 1. The minimum absolute atomic E-state index is 0.0901. The molecule has 4 rings (SSSR count). The molecule has 0 spiro atoms. The standard InChI is InChI=1S/C21H22N4O3S/c1-3-11-29-21-23-20-18(24-25-21)14-7-5-6-8-15(14)22-19(28-20)13-9-10-16(26)17(12-13)27-4-2/h5-10,12,19,22,26H,3-4,11H2,1-2H3/t19-/m1/s1. The molecule has 150 valence electrons. The molecular formula is C21H22N4O3S. The highest BCUT2D eigenvalue weighted by atomic mass is 32.2. The fraction of sp³-hybridized carbons (Fsp3) is 0.286. The van der Waals surface area contributed by atoms with Gasteiger partial charge in [-0.15, -0.1) is 10.2 Å². The molecule has 2 aromatic carbocycles. The molecule has 0 bridgehead atoms. The van der Waals surface area contributed by atoms with Crippen LogP contribution in [0, 0.1) is 0 Å². The van der Waals surface area contributed by atoms with Crippen LogP contribution < -0.4 is 14.8 Å². The average molecular weight is 410 g/mol. The van der Waals surface area contributed by atoms with Gasteiger partial charge in [0.2, 0.25) is 11.0 Å². The van der Waals surface area contributed by atoms with Crippen LogP contribution in [0.4, 0.5) is 5.69 Å². The zero-order valence-corrected chi connectivity index (χ0v) is 17.1. The number of benzene rings is 2. The molecule has 1 aromatic heterocycles. The lowest BCUT2D eigenvalue weighted by atomic mass is 10.1. The maximum absolute atomic E-state index is 10.0. The highest BCUT2D eigenvalue weighted by molar-refractivity contribution is 7.99. The highest BCUT2D eigenvalue weighted by Crippen LogP contribution is 2.40. The van der Waals surface area contributed by atoms with Gasteiger partial charge in [-0.25, -0.2) is 0 Å². The Kier molecular flexibility index (Phi) is 5.71. The monoisotopic (exact) mass is 410 g/mol. The van der Waals surface area contributed by atoms with E-state index in [2.05, 4.69) is 27.4 Å². The van der Waals surface area contributed by atoms with E-state index in [0.29, 0.717) is 29.1 Å². The van der Waals surface area contributed by atoms with Gasteiger partial charge in [-0.3, -0.25) is 0 Å². The molecule has 0 fully saturated rings. The summed E-state index contributed by atoms with van der Waals surface area (Å²) in [5.74, 6) is 1.83. The lowest BCUT2D eigenvalue weighted by Crippen LogP contribution is -2.17. The molecule has 7 nitrogen and oxygen atoms in total. The van der Waals surface area contributed by atoms with E-state index in [9.17, 15) is 5.11 Å². The third-order valence-corrected chi connectivity index (χ3v) is 5.40. The van der Waals surface area contributed by atoms with Crippen molar-refractivity contribution in [3.8, 4) is 28.6 Å². The Hall–Kier alpha value is -3.00. The molecule has 0 aliphatic carbocycles. The first kappa shape index (κ1) is 19.3. The lowest BCUT2D eigenvalue weighted by Gasteiger charge is -2.20. The van der Waals surface area contributed by atoms with E-state index in [0.717, 1.165) is 29.0 Å². The van der Waals surface area contributed by atoms with E-state index in [1.807, 2.05) is 31.2 Å². The van der Waals surface area contributed by atoms with Crippen molar-refractivity contribution in [3.63, 3.8) is 0 Å². The maximum atomic E-state index is 10.0. The quantitative estimate of drug-likeness (QED) is 0.568. The van der Waals surface area contributed by atoms with Crippen LogP contribution in [0.2, 0.25) is 0 Å². The van der Waals surface area contributed by atoms with E-state index in [4.69, 9.17) is 9.47 Å². The summed E-state index contributed by atoms with van der Waals surface area (Å²) in [5.41, 5.74) is 3.14. The van der Waals surface area contributed by atoms with E-state index in [1.54, 1.807) is 30.0 Å². The van der Waals surface area contributed by atoms with E-state index < -0.39 is 6.23 Å². The number of phenols is 1. The lowest BCUT2D eigenvalue weighted by molar-refractivity contribution is 0.224. The molecule has 1 aliphatic rings. The topological polar surface area (TPSA) is 89.4 Å². The minimum atomic E-state index is -0.530. The first-order chi connectivity index (χ1) is 14.2. The third kappa shape index (κ3) is 4.07. The summed E-state index contributed by atoms with van der Waals surface area (Å²) in [6.45, 7) is 4.44. The second kappa shape index (κ2) is 8.57. The summed E-state index contributed by atoms with van der Waals surface area (Å²) in [5, 5.41) is 22.7. The van der Waals surface area contributed by atoms with Crippen LogP contribution in [0.5, 0.6) is 17.4 Å². The van der Waals surface area contributed by atoms with E-state index in [1.165, 1.54) is 0 Å². The predicted octanol–water partition coefficient (Wildman–Crippen LogP) is 4.65. The summed E-state index contributed by atoms with van der Waals surface area (Å²) in [7, 11) is 0. The summed E-state index contributed by atoms with van der Waals surface area (Å²) < 4.78 is 11.8. The zero-order chi connectivity index (χ0) is 20.2. The molecule has 0 amide bonds. The van der Waals surface area contributed by atoms with Crippen molar-refractivity contribution in [2.45, 2.75) is 31.7 Å². The number of para-hydroxylation sites is 1. The van der Waals surface area contributed by atoms with Gasteiger partial charge in [0.15, 0.2) is 23.4 Å². The number of phenolic OH excluding ortho intramolecular Hbond substituents is 1. The predicted molar refractivity (Wildman–Crippen MR) is 113 cm³/mol. The Labute approximate surface area is 173 Å². The second-order valence-electron chi connectivity index (χ2n) is 6.44.